The van der Waals surface area contributed by atoms with Crippen LogP contribution < -0.4 is 5.32 Å². The SMILES string of the molecule is O=C1C(NCc2ccc(CO)o2)CCN1Cc1ccc(F)cc1. The van der Waals surface area contributed by atoms with Crippen LogP contribution in [0.15, 0.2) is 40.8 Å². The molecule has 0 saturated carbocycles. The van der Waals surface area contributed by atoms with Gasteiger partial charge in [0.1, 0.15) is 23.9 Å². The molecular formula is C17H19FN2O3. The van der Waals surface area contributed by atoms with E-state index >= 15 is 0 Å². The number of likely N-dealkylation sites (tertiary alicyclic amines) is 1. The van der Waals surface area contributed by atoms with Gasteiger partial charge in [0.25, 0.3) is 0 Å². The maximum atomic E-state index is 12.9. The predicted octanol–water partition coefficient (Wildman–Crippen LogP) is 1.80. The number of nitrogens with one attached hydrogen (secondary N) is 1. The Hall–Kier alpha value is -2.18. The van der Waals surface area contributed by atoms with Crippen LogP contribution in [0.5, 0.6) is 0 Å². The smallest absolute Gasteiger partial charge is 0.240 e. The molecule has 122 valence electrons. The Morgan fingerprint density at radius 1 is 1.22 bits per heavy atom. The molecule has 2 aromatic rings. The van der Waals surface area contributed by atoms with Crippen molar-refractivity contribution in [3.05, 3.63) is 59.3 Å². The molecule has 3 rings (SSSR count). The van der Waals surface area contributed by atoms with Crippen molar-refractivity contribution in [2.75, 3.05) is 6.54 Å². The van der Waals surface area contributed by atoms with Gasteiger partial charge in [0.15, 0.2) is 0 Å². The van der Waals surface area contributed by atoms with Crippen LogP contribution in [0.4, 0.5) is 4.39 Å². The molecule has 2 N–H and O–H groups in total. The molecule has 1 aromatic carbocycles. The van der Waals surface area contributed by atoms with E-state index in [0.29, 0.717) is 31.2 Å². The number of furan rings is 1. The van der Waals surface area contributed by atoms with Crippen molar-refractivity contribution in [3.8, 4) is 0 Å². The third-order valence-electron chi connectivity index (χ3n) is 3.98. The zero-order chi connectivity index (χ0) is 16.2. The third kappa shape index (κ3) is 3.78. The number of nitrogens with zero attached hydrogens (tertiary/aromatic N) is 1. The van der Waals surface area contributed by atoms with Gasteiger partial charge in [-0.3, -0.25) is 10.1 Å². The minimum atomic E-state index is -0.276. The van der Waals surface area contributed by atoms with Crippen molar-refractivity contribution in [2.24, 2.45) is 0 Å². The number of carbonyl (C=O) groups excluding carboxylic acids is 1. The molecule has 1 aliphatic heterocycles. The van der Waals surface area contributed by atoms with E-state index in [1.807, 2.05) is 0 Å². The van der Waals surface area contributed by atoms with E-state index in [1.54, 1.807) is 29.2 Å². The number of carbonyl (C=O) groups is 1. The van der Waals surface area contributed by atoms with Crippen molar-refractivity contribution in [2.45, 2.75) is 32.2 Å². The highest BCUT2D eigenvalue weighted by atomic mass is 19.1. The molecule has 1 saturated heterocycles. The Morgan fingerprint density at radius 2 is 1.96 bits per heavy atom. The molecule has 1 amide bonds. The number of halogens is 1. The lowest BCUT2D eigenvalue weighted by molar-refractivity contribution is -0.130. The van der Waals surface area contributed by atoms with Crippen LogP contribution >= 0.6 is 0 Å². The minimum Gasteiger partial charge on any atom is -0.462 e. The quantitative estimate of drug-likeness (QED) is 0.852. The number of rotatable bonds is 6. The van der Waals surface area contributed by atoms with Crippen molar-refractivity contribution >= 4 is 5.91 Å². The van der Waals surface area contributed by atoms with Crippen LogP contribution in [0, 0.1) is 5.82 Å². The monoisotopic (exact) mass is 318 g/mol. The number of aliphatic hydroxyl groups is 1. The fourth-order valence-electron chi connectivity index (χ4n) is 2.72. The Labute approximate surface area is 133 Å². The summed E-state index contributed by atoms with van der Waals surface area (Å²) in [5.74, 6) is 0.973. The maximum absolute atomic E-state index is 12.9. The zero-order valence-electron chi connectivity index (χ0n) is 12.7. The number of amides is 1. The Kier molecular flexibility index (Phi) is 4.73. The van der Waals surface area contributed by atoms with E-state index in [4.69, 9.17) is 9.52 Å². The molecule has 0 radical (unpaired) electrons. The average molecular weight is 318 g/mol. The van der Waals surface area contributed by atoms with Gasteiger partial charge in [-0.25, -0.2) is 4.39 Å². The topological polar surface area (TPSA) is 65.7 Å². The molecule has 1 aliphatic rings. The van der Waals surface area contributed by atoms with E-state index in [9.17, 15) is 9.18 Å². The van der Waals surface area contributed by atoms with Crippen molar-refractivity contribution in [1.82, 2.24) is 10.2 Å². The molecule has 6 heteroatoms. The first-order valence-electron chi connectivity index (χ1n) is 7.61. The maximum Gasteiger partial charge on any atom is 0.240 e. The first-order chi connectivity index (χ1) is 11.2. The Balaban J connectivity index is 1.52. The molecule has 0 bridgehead atoms. The highest BCUT2D eigenvalue weighted by molar-refractivity contribution is 5.83. The summed E-state index contributed by atoms with van der Waals surface area (Å²) in [6.07, 6.45) is 0.730. The average Bonchev–Trinajstić information content (AvgIpc) is 3.15. The summed E-state index contributed by atoms with van der Waals surface area (Å²) < 4.78 is 18.3. The number of benzene rings is 1. The van der Waals surface area contributed by atoms with E-state index in [2.05, 4.69) is 5.32 Å². The lowest BCUT2D eigenvalue weighted by Gasteiger charge is -2.17. The number of hydrogen-bond donors (Lipinski definition) is 2. The second-order valence-electron chi connectivity index (χ2n) is 5.63. The van der Waals surface area contributed by atoms with Crippen molar-refractivity contribution in [1.29, 1.82) is 0 Å². The van der Waals surface area contributed by atoms with E-state index in [-0.39, 0.29) is 24.4 Å². The molecule has 0 spiro atoms. The summed E-state index contributed by atoms with van der Waals surface area (Å²) in [6.45, 7) is 1.48. The van der Waals surface area contributed by atoms with Gasteiger partial charge in [-0.2, -0.15) is 0 Å². The second-order valence-corrected chi connectivity index (χ2v) is 5.63. The summed E-state index contributed by atoms with van der Waals surface area (Å²) >= 11 is 0. The first-order valence-corrected chi connectivity index (χ1v) is 7.61. The first kappa shape index (κ1) is 15.7. The van der Waals surface area contributed by atoms with Crippen LogP contribution in [0.2, 0.25) is 0 Å². The van der Waals surface area contributed by atoms with Crippen LogP contribution in [-0.2, 0) is 24.5 Å². The molecule has 23 heavy (non-hydrogen) atoms. The second kappa shape index (κ2) is 6.93. The number of hydrogen-bond acceptors (Lipinski definition) is 4. The van der Waals surface area contributed by atoms with Crippen LogP contribution in [0.25, 0.3) is 0 Å². The molecule has 1 aromatic heterocycles. The predicted molar refractivity (Wildman–Crippen MR) is 81.7 cm³/mol. The summed E-state index contributed by atoms with van der Waals surface area (Å²) in [6, 6.07) is 9.47. The molecule has 1 fully saturated rings. The van der Waals surface area contributed by atoms with Gasteiger partial charge in [-0.1, -0.05) is 12.1 Å². The lowest BCUT2D eigenvalue weighted by atomic mass is 10.2. The Bertz CT molecular complexity index is 669. The normalized spacial score (nSPS) is 17.9. The van der Waals surface area contributed by atoms with Gasteiger partial charge >= 0.3 is 0 Å². The van der Waals surface area contributed by atoms with Gasteiger partial charge in [-0.05, 0) is 36.2 Å². The molecule has 1 unspecified atom stereocenters. The van der Waals surface area contributed by atoms with Crippen LogP contribution in [0.3, 0.4) is 0 Å². The fourth-order valence-corrected chi connectivity index (χ4v) is 2.72. The van der Waals surface area contributed by atoms with Crippen LogP contribution in [0.1, 0.15) is 23.5 Å². The molecule has 1 atom stereocenters. The van der Waals surface area contributed by atoms with Gasteiger partial charge in [0.05, 0.1) is 12.6 Å². The molecular weight excluding hydrogens is 299 g/mol. The summed E-state index contributed by atoms with van der Waals surface area (Å²) in [5.41, 5.74) is 0.916. The van der Waals surface area contributed by atoms with E-state index in [1.165, 1.54) is 12.1 Å². The van der Waals surface area contributed by atoms with Gasteiger partial charge in [-0.15, -0.1) is 0 Å². The number of aliphatic hydroxyl groups excluding tert-OH is 1. The van der Waals surface area contributed by atoms with Gasteiger partial charge in [0, 0.05) is 13.1 Å². The molecule has 0 aliphatic carbocycles. The standard InChI is InChI=1S/C17H19FN2O3/c18-13-3-1-12(2-4-13)10-20-8-7-16(17(20)22)19-9-14-5-6-15(11-21)23-14/h1-6,16,19,21H,7-11H2. The minimum absolute atomic E-state index is 0.0447. The summed E-state index contributed by atoms with van der Waals surface area (Å²) in [7, 11) is 0. The van der Waals surface area contributed by atoms with Gasteiger partial charge in [0.2, 0.25) is 5.91 Å². The van der Waals surface area contributed by atoms with E-state index in [0.717, 1.165) is 12.0 Å². The third-order valence-corrected chi connectivity index (χ3v) is 3.98. The molecule has 2 heterocycles. The van der Waals surface area contributed by atoms with Crippen molar-refractivity contribution in [3.63, 3.8) is 0 Å². The van der Waals surface area contributed by atoms with E-state index < -0.39 is 0 Å². The summed E-state index contributed by atoms with van der Waals surface area (Å²) in [5, 5.41) is 12.1. The highest BCUT2D eigenvalue weighted by Crippen LogP contribution is 2.16. The zero-order valence-corrected chi connectivity index (χ0v) is 12.7. The van der Waals surface area contributed by atoms with Gasteiger partial charge < -0.3 is 14.4 Å². The Morgan fingerprint density at radius 3 is 2.65 bits per heavy atom. The lowest BCUT2D eigenvalue weighted by Crippen LogP contribution is -2.37. The highest BCUT2D eigenvalue weighted by Gasteiger charge is 2.31. The fraction of sp³-hybridized carbons (Fsp3) is 0.353. The molecule has 5 nitrogen and oxygen atoms in total. The summed E-state index contributed by atoms with van der Waals surface area (Å²) in [4.78, 5) is 14.1. The van der Waals surface area contributed by atoms with Crippen molar-refractivity contribution < 1.29 is 18.7 Å². The largest absolute Gasteiger partial charge is 0.462 e. The van der Waals surface area contributed by atoms with Crippen LogP contribution in [-0.4, -0.2) is 28.5 Å².